The average Bonchev–Trinajstić information content (AvgIpc) is 3.30. The van der Waals surface area contributed by atoms with Gasteiger partial charge in [-0.3, -0.25) is 14.5 Å². The van der Waals surface area contributed by atoms with Crippen LogP contribution in [0.4, 0.5) is 10.1 Å². The van der Waals surface area contributed by atoms with Gasteiger partial charge in [-0.2, -0.15) is 0 Å². The Morgan fingerprint density at radius 1 is 1.09 bits per heavy atom. The van der Waals surface area contributed by atoms with E-state index in [1.807, 2.05) is 6.92 Å². The normalized spacial score (nSPS) is 21.2. The standard InChI is InChI=1S/C26H19ClFNO4/c1-14-12-16-13-15(6-11-21(16)33-14)24(30)22-23(19-4-2-3-5-20(19)28)29(26(32)25(22)31)18-9-7-17(27)8-10-18/h2-11,13-14,23,30H,12H2,1H3/b24-22+. The number of halogens is 2. The number of hydrogen-bond acceptors (Lipinski definition) is 4. The predicted molar refractivity (Wildman–Crippen MR) is 123 cm³/mol. The third-order valence-corrected chi connectivity index (χ3v) is 6.17. The number of Topliss-reactive ketones (excluding diaryl/α,β-unsaturated/α-hetero) is 1. The van der Waals surface area contributed by atoms with E-state index < -0.39 is 23.5 Å². The second-order valence-electron chi connectivity index (χ2n) is 8.12. The summed E-state index contributed by atoms with van der Waals surface area (Å²) in [4.78, 5) is 27.5. The van der Waals surface area contributed by atoms with E-state index in [0.717, 1.165) is 5.56 Å². The maximum Gasteiger partial charge on any atom is 0.300 e. The first-order valence-corrected chi connectivity index (χ1v) is 10.8. The molecule has 3 aromatic carbocycles. The molecule has 2 aliphatic rings. The Kier molecular flexibility index (Phi) is 5.17. The molecule has 0 aromatic heterocycles. The molecule has 2 unspecified atom stereocenters. The van der Waals surface area contributed by atoms with Crippen molar-refractivity contribution in [3.8, 4) is 5.75 Å². The fraction of sp³-hybridized carbons (Fsp3) is 0.154. The Morgan fingerprint density at radius 2 is 1.82 bits per heavy atom. The molecule has 2 aliphatic heterocycles. The number of carbonyl (C=O) groups excluding carboxylic acids is 2. The van der Waals surface area contributed by atoms with Crippen molar-refractivity contribution in [2.45, 2.75) is 25.5 Å². The summed E-state index contributed by atoms with van der Waals surface area (Å²) < 4.78 is 20.6. The number of hydrogen-bond donors (Lipinski definition) is 1. The maximum absolute atomic E-state index is 14.9. The van der Waals surface area contributed by atoms with E-state index in [4.69, 9.17) is 16.3 Å². The van der Waals surface area contributed by atoms with E-state index in [1.54, 1.807) is 48.5 Å². The molecule has 1 amide bonds. The molecule has 33 heavy (non-hydrogen) atoms. The fourth-order valence-electron chi connectivity index (χ4n) is 4.42. The van der Waals surface area contributed by atoms with E-state index in [2.05, 4.69) is 0 Å². The van der Waals surface area contributed by atoms with Crippen LogP contribution in [0.3, 0.4) is 0 Å². The molecule has 2 atom stereocenters. The first-order chi connectivity index (χ1) is 15.8. The summed E-state index contributed by atoms with van der Waals surface area (Å²) in [5, 5.41) is 11.7. The number of carbonyl (C=O) groups is 2. The van der Waals surface area contributed by atoms with Gasteiger partial charge in [0, 0.05) is 28.3 Å². The van der Waals surface area contributed by atoms with Crippen LogP contribution in [0.15, 0.2) is 72.3 Å². The second kappa shape index (κ2) is 8.05. The van der Waals surface area contributed by atoms with Crippen LogP contribution >= 0.6 is 11.6 Å². The highest BCUT2D eigenvalue weighted by molar-refractivity contribution is 6.51. The van der Waals surface area contributed by atoms with Crippen LogP contribution in [-0.2, 0) is 16.0 Å². The lowest BCUT2D eigenvalue weighted by Gasteiger charge is -2.25. The predicted octanol–water partition coefficient (Wildman–Crippen LogP) is 5.43. The van der Waals surface area contributed by atoms with Gasteiger partial charge in [0.1, 0.15) is 23.4 Å². The van der Waals surface area contributed by atoms with Crippen molar-refractivity contribution >= 4 is 34.7 Å². The average molecular weight is 464 g/mol. The van der Waals surface area contributed by atoms with Crippen molar-refractivity contribution in [2.24, 2.45) is 0 Å². The van der Waals surface area contributed by atoms with E-state index >= 15 is 0 Å². The smallest absolute Gasteiger partial charge is 0.300 e. The van der Waals surface area contributed by atoms with Gasteiger partial charge in [-0.05, 0) is 61.0 Å². The molecule has 0 radical (unpaired) electrons. The molecule has 1 saturated heterocycles. The Hall–Kier alpha value is -3.64. The van der Waals surface area contributed by atoms with Crippen LogP contribution < -0.4 is 9.64 Å². The molecule has 166 valence electrons. The van der Waals surface area contributed by atoms with E-state index in [0.29, 0.717) is 28.4 Å². The molecule has 3 aromatic rings. The van der Waals surface area contributed by atoms with Gasteiger partial charge in [-0.25, -0.2) is 4.39 Å². The second-order valence-corrected chi connectivity index (χ2v) is 8.56. The van der Waals surface area contributed by atoms with Crippen molar-refractivity contribution in [3.05, 3.63) is 99.8 Å². The zero-order valence-electron chi connectivity index (χ0n) is 17.6. The topological polar surface area (TPSA) is 66.8 Å². The fourth-order valence-corrected chi connectivity index (χ4v) is 4.54. The lowest BCUT2D eigenvalue weighted by atomic mass is 9.94. The highest BCUT2D eigenvalue weighted by atomic mass is 35.5. The Labute approximate surface area is 194 Å². The van der Waals surface area contributed by atoms with Crippen molar-refractivity contribution in [2.75, 3.05) is 4.90 Å². The molecule has 2 heterocycles. The lowest BCUT2D eigenvalue weighted by molar-refractivity contribution is -0.132. The van der Waals surface area contributed by atoms with Crippen molar-refractivity contribution in [1.29, 1.82) is 0 Å². The van der Waals surface area contributed by atoms with Gasteiger partial charge in [0.25, 0.3) is 11.7 Å². The van der Waals surface area contributed by atoms with Gasteiger partial charge in [0.15, 0.2) is 0 Å². The zero-order valence-corrected chi connectivity index (χ0v) is 18.3. The number of rotatable bonds is 3. The molecule has 0 bridgehead atoms. The van der Waals surface area contributed by atoms with Gasteiger partial charge >= 0.3 is 0 Å². The van der Waals surface area contributed by atoms with Crippen LogP contribution in [-0.4, -0.2) is 22.9 Å². The first-order valence-electron chi connectivity index (χ1n) is 10.5. The summed E-state index contributed by atoms with van der Waals surface area (Å²) in [5.41, 5.74) is 1.55. The molecule has 1 fully saturated rings. The van der Waals surface area contributed by atoms with Crippen molar-refractivity contribution < 1.29 is 23.8 Å². The summed E-state index contributed by atoms with van der Waals surface area (Å²) in [6.45, 7) is 1.94. The molecule has 5 rings (SSSR count). The van der Waals surface area contributed by atoms with Crippen molar-refractivity contribution in [3.63, 3.8) is 0 Å². The van der Waals surface area contributed by atoms with Crippen LogP contribution in [0.2, 0.25) is 5.02 Å². The minimum absolute atomic E-state index is 0.00583. The van der Waals surface area contributed by atoms with E-state index in [1.165, 1.54) is 23.1 Å². The number of ether oxygens (including phenoxy) is 1. The quantitative estimate of drug-likeness (QED) is 0.319. The number of fused-ring (bicyclic) bond motifs is 1. The third kappa shape index (κ3) is 3.56. The number of nitrogens with zero attached hydrogens (tertiary/aromatic N) is 1. The van der Waals surface area contributed by atoms with Gasteiger partial charge < -0.3 is 9.84 Å². The minimum atomic E-state index is -1.14. The summed E-state index contributed by atoms with van der Waals surface area (Å²) >= 11 is 5.99. The van der Waals surface area contributed by atoms with Gasteiger partial charge in [-0.15, -0.1) is 0 Å². The molecule has 5 nitrogen and oxygen atoms in total. The summed E-state index contributed by atoms with van der Waals surface area (Å²) in [5.74, 6) is -1.98. The molecular weight excluding hydrogens is 445 g/mol. The van der Waals surface area contributed by atoms with Crippen LogP contribution in [0.1, 0.15) is 29.7 Å². The molecule has 1 N–H and O–H groups in total. The summed E-state index contributed by atoms with van der Waals surface area (Å²) in [7, 11) is 0. The third-order valence-electron chi connectivity index (χ3n) is 5.92. The Morgan fingerprint density at radius 3 is 2.55 bits per heavy atom. The van der Waals surface area contributed by atoms with Gasteiger partial charge in [0.05, 0.1) is 11.6 Å². The van der Waals surface area contributed by atoms with Crippen LogP contribution in [0.25, 0.3) is 5.76 Å². The SMILES string of the molecule is CC1Cc2cc(/C(O)=C3\C(=O)C(=O)N(c4ccc(Cl)cc4)C3c3ccccc3F)ccc2O1. The molecule has 7 heteroatoms. The maximum atomic E-state index is 14.9. The molecule has 0 spiro atoms. The summed E-state index contributed by atoms with van der Waals surface area (Å²) in [6.07, 6.45) is 0.665. The van der Waals surface area contributed by atoms with E-state index in [9.17, 15) is 19.1 Å². The lowest BCUT2D eigenvalue weighted by Crippen LogP contribution is -2.29. The first kappa shape index (κ1) is 21.2. The number of aliphatic hydroxyl groups excluding tert-OH is 1. The summed E-state index contributed by atoms with van der Waals surface area (Å²) in [6, 6.07) is 16.2. The monoisotopic (exact) mass is 463 g/mol. The van der Waals surface area contributed by atoms with Crippen LogP contribution in [0, 0.1) is 5.82 Å². The number of anilines is 1. The Balaban J connectivity index is 1.70. The number of benzene rings is 3. The Bertz CT molecular complexity index is 1320. The van der Waals surface area contributed by atoms with E-state index in [-0.39, 0.29) is 23.0 Å². The van der Waals surface area contributed by atoms with Gasteiger partial charge in [0.2, 0.25) is 0 Å². The number of ketones is 1. The highest BCUT2D eigenvalue weighted by Crippen LogP contribution is 2.43. The largest absolute Gasteiger partial charge is 0.507 e. The van der Waals surface area contributed by atoms with Gasteiger partial charge in [-0.1, -0.05) is 29.8 Å². The highest BCUT2D eigenvalue weighted by Gasteiger charge is 2.47. The molecule has 0 aliphatic carbocycles. The number of aliphatic hydroxyl groups is 1. The molecular formula is C26H19ClFNO4. The van der Waals surface area contributed by atoms with Crippen LogP contribution in [0.5, 0.6) is 5.75 Å². The zero-order chi connectivity index (χ0) is 23.3. The van der Waals surface area contributed by atoms with Crippen molar-refractivity contribution in [1.82, 2.24) is 0 Å². The molecule has 0 saturated carbocycles. The number of amides is 1. The minimum Gasteiger partial charge on any atom is -0.507 e.